The zero-order valence-electron chi connectivity index (χ0n) is 12.3. The summed E-state index contributed by atoms with van der Waals surface area (Å²) in [6.45, 7) is 0. The summed E-state index contributed by atoms with van der Waals surface area (Å²) >= 11 is 0. The van der Waals surface area contributed by atoms with E-state index in [9.17, 15) is 0 Å². The highest BCUT2D eigenvalue weighted by Gasteiger charge is 2.47. The van der Waals surface area contributed by atoms with Gasteiger partial charge in [0.15, 0.2) is 0 Å². The van der Waals surface area contributed by atoms with Crippen LogP contribution in [0.2, 0.25) is 0 Å². The topological polar surface area (TPSA) is 58.9 Å². The molecule has 2 N–H and O–H groups in total. The molecule has 0 spiro atoms. The Balaban J connectivity index is 2.00. The van der Waals surface area contributed by atoms with Crippen LogP contribution in [-0.4, -0.2) is 16.3 Å². The van der Waals surface area contributed by atoms with Crippen LogP contribution in [0.15, 0.2) is 60.7 Å². The molecule has 0 radical (unpaired) electrons. The lowest BCUT2D eigenvalue weighted by Gasteiger charge is -2.43. The van der Waals surface area contributed by atoms with E-state index in [0.717, 1.165) is 0 Å². The van der Waals surface area contributed by atoms with E-state index in [1.807, 2.05) is 36.4 Å². The van der Waals surface area contributed by atoms with Crippen LogP contribution in [0.1, 0.15) is 36.8 Å². The van der Waals surface area contributed by atoms with Gasteiger partial charge in [0.1, 0.15) is 0 Å². The van der Waals surface area contributed by atoms with E-state index in [2.05, 4.69) is 34.0 Å². The third-order valence-electron chi connectivity index (χ3n) is 4.85. The average molecular weight is 300 g/mol. The van der Waals surface area contributed by atoms with Gasteiger partial charge in [0.25, 0.3) is 0 Å². The summed E-state index contributed by atoms with van der Waals surface area (Å²) < 4.78 is 0. The number of hydrogen-bond acceptors (Lipinski definition) is 4. The van der Waals surface area contributed by atoms with E-state index in [1.54, 1.807) is 0 Å². The van der Waals surface area contributed by atoms with Gasteiger partial charge >= 0.3 is 0 Å². The largest absolute Gasteiger partial charge is 0.249 e. The molecular formula is C18H20O4. The minimum atomic E-state index is -1.31. The first kappa shape index (κ1) is 15.2. The van der Waals surface area contributed by atoms with Gasteiger partial charge in [-0.3, -0.25) is 0 Å². The minimum absolute atomic E-state index is 0.164. The van der Waals surface area contributed by atoms with Crippen molar-refractivity contribution in [3.05, 3.63) is 71.8 Å². The molecule has 0 aliphatic heterocycles. The summed E-state index contributed by atoms with van der Waals surface area (Å²) in [4.78, 5) is 8.84. The zero-order valence-corrected chi connectivity index (χ0v) is 12.3. The summed E-state index contributed by atoms with van der Waals surface area (Å²) in [6, 6.07) is 20.6. The van der Waals surface area contributed by atoms with Crippen molar-refractivity contribution in [3.8, 4) is 0 Å². The van der Waals surface area contributed by atoms with Crippen LogP contribution in [0, 0.1) is 0 Å². The van der Waals surface area contributed by atoms with Crippen molar-refractivity contribution in [3.63, 3.8) is 0 Å². The Morgan fingerprint density at radius 1 is 0.636 bits per heavy atom. The second-order valence-electron chi connectivity index (χ2n) is 5.91. The molecule has 22 heavy (non-hydrogen) atoms. The molecule has 4 heteroatoms. The van der Waals surface area contributed by atoms with Crippen LogP contribution < -0.4 is 0 Å². The van der Waals surface area contributed by atoms with Crippen LogP contribution in [0.3, 0.4) is 0 Å². The Labute approximate surface area is 129 Å². The van der Waals surface area contributed by atoms with E-state index >= 15 is 0 Å². The van der Waals surface area contributed by atoms with Gasteiger partial charge < -0.3 is 0 Å². The Kier molecular flexibility index (Phi) is 4.27. The van der Waals surface area contributed by atoms with Gasteiger partial charge in [-0.2, -0.15) is 0 Å². The molecule has 0 amide bonds. The van der Waals surface area contributed by atoms with Crippen LogP contribution in [-0.2, 0) is 15.2 Å². The van der Waals surface area contributed by atoms with Crippen LogP contribution in [0.5, 0.6) is 0 Å². The number of benzene rings is 2. The highest BCUT2D eigenvalue weighted by molar-refractivity contribution is 5.40. The van der Waals surface area contributed by atoms with Gasteiger partial charge in [-0.1, -0.05) is 60.7 Å². The molecule has 1 aliphatic carbocycles. The molecule has 0 bridgehead atoms. The molecule has 0 heterocycles. The van der Waals surface area contributed by atoms with Gasteiger partial charge in [-0.15, -0.1) is 0 Å². The van der Waals surface area contributed by atoms with Crippen molar-refractivity contribution in [1.82, 2.24) is 0 Å². The summed E-state index contributed by atoms with van der Waals surface area (Å²) in [5, 5.41) is 18.1. The van der Waals surface area contributed by atoms with E-state index in [1.165, 1.54) is 11.1 Å². The maximum absolute atomic E-state index is 9.07. The van der Waals surface area contributed by atoms with Crippen molar-refractivity contribution in [2.24, 2.45) is 0 Å². The summed E-state index contributed by atoms with van der Waals surface area (Å²) in [6.07, 6.45) is 2.23. The molecule has 0 saturated heterocycles. The van der Waals surface area contributed by atoms with Crippen molar-refractivity contribution >= 4 is 0 Å². The fourth-order valence-corrected chi connectivity index (χ4v) is 3.52. The summed E-state index contributed by atoms with van der Waals surface area (Å²) in [5.74, 6) is -1.31. The molecule has 0 unspecified atom stereocenters. The molecule has 4 nitrogen and oxygen atoms in total. The first-order valence-electron chi connectivity index (χ1n) is 7.51. The predicted octanol–water partition coefficient (Wildman–Crippen LogP) is 4.22. The van der Waals surface area contributed by atoms with Crippen molar-refractivity contribution in [2.75, 3.05) is 0 Å². The highest BCUT2D eigenvalue weighted by atomic mass is 17.2. The van der Waals surface area contributed by atoms with Crippen LogP contribution in [0.25, 0.3) is 0 Å². The maximum Gasteiger partial charge on any atom is 0.233 e. The molecule has 2 aromatic rings. The lowest BCUT2D eigenvalue weighted by molar-refractivity contribution is -0.493. The minimum Gasteiger partial charge on any atom is -0.249 e. The van der Waals surface area contributed by atoms with E-state index < -0.39 is 5.79 Å². The van der Waals surface area contributed by atoms with Gasteiger partial charge in [0.05, 0.1) is 0 Å². The van der Waals surface area contributed by atoms with Gasteiger partial charge in [-0.05, 0) is 24.0 Å². The smallest absolute Gasteiger partial charge is 0.233 e. The number of hydrogen-bond donors (Lipinski definition) is 2. The normalized spacial score (nSPS) is 19.7. The second kappa shape index (κ2) is 6.18. The van der Waals surface area contributed by atoms with Crippen LogP contribution in [0.4, 0.5) is 0 Å². The van der Waals surface area contributed by atoms with Gasteiger partial charge in [-0.25, -0.2) is 20.3 Å². The molecule has 0 aromatic heterocycles. The first-order valence-corrected chi connectivity index (χ1v) is 7.51. The molecule has 116 valence electrons. The third-order valence-corrected chi connectivity index (χ3v) is 4.85. The van der Waals surface area contributed by atoms with Gasteiger partial charge in [0, 0.05) is 18.3 Å². The molecule has 0 atom stereocenters. The summed E-state index contributed by atoms with van der Waals surface area (Å²) in [7, 11) is 0. The highest BCUT2D eigenvalue weighted by Crippen LogP contribution is 2.48. The fourth-order valence-electron chi connectivity index (χ4n) is 3.52. The molecule has 1 fully saturated rings. The number of rotatable bonds is 4. The monoisotopic (exact) mass is 300 g/mol. The standard InChI is InChI=1S/C18H20O4/c19-21-18(22-20)13-11-17(12-14-18,15-7-3-1-4-8-15)16-9-5-2-6-10-16/h1-10,19-20H,11-14H2. The Morgan fingerprint density at radius 3 is 1.41 bits per heavy atom. The Hall–Kier alpha value is -1.72. The Morgan fingerprint density at radius 2 is 1.05 bits per heavy atom. The molecular weight excluding hydrogens is 280 g/mol. The third kappa shape index (κ3) is 2.55. The molecule has 2 aromatic carbocycles. The first-order chi connectivity index (χ1) is 10.7. The average Bonchev–Trinajstić information content (AvgIpc) is 2.63. The lowest BCUT2D eigenvalue weighted by Crippen LogP contribution is -2.44. The molecule has 1 saturated carbocycles. The maximum atomic E-state index is 9.07. The van der Waals surface area contributed by atoms with E-state index in [-0.39, 0.29) is 5.41 Å². The zero-order chi connectivity index (χ0) is 15.5. The van der Waals surface area contributed by atoms with E-state index in [0.29, 0.717) is 25.7 Å². The molecule has 1 aliphatic rings. The lowest BCUT2D eigenvalue weighted by atomic mass is 9.64. The second-order valence-corrected chi connectivity index (χ2v) is 5.91. The SMILES string of the molecule is OOC1(OO)CCC(c2ccccc2)(c2ccccc2)CC1. The van der Waals surface area contributed by atoms with Gasteiger partial charge in [0.2, 0.25) is 5.79 Å². The molecule has 3 rings (SSSR count). The fraction of sp³-hybridized carbons (Fsp3) is 0.333. The predicted molar refractivity (Wildman–Crippen MR) is 82.3 cm³/mol. The van der Waals surface area contributed by atoms with Crippen molar-refractivity contribution < 1.29 is 20.3 Å². The van der Waals surface area contributed by atoms with Crippen LogP contribution >= 0.6 is 0 Å². The Bertz CT molecular complexity index is 541. The van der Waals surface area contributed by atoms with E-state index in [4.69, 9.17) is 10.5 Å². The van der Waals surface area contributed by atoms with Crippen molar-refractivity contribution in [2.45, 2.75) is 36.9 Å². The summed E-state index contributed by atoms with van der Waals surface area (Å²) in [5.41, 5.74) is 2.29. The van der Waals surface area contributed by atoms with Crippen molar-refractivity contribution in [1.29, 1.82) is 0 Å². The quantitative estimate of drug-likeness (QED) is 0.504.